The highest BCUT2D eigenvalue weighted by Gasteiger charge is 2.06. The number of nitrogens with one attached hydrogen (secondary N) is 1. The van der Waals surface area contributed by atoms with Gasteiger partial charge in [-0.1, -0.05) is 19.0 Å². The van der Waals surface area contributed by atoms with E-state index < -0.39 is 0 Å². The average molecular weight is 249 g/mol. The maximum atomic E-state index is 5.01. The Kier molecular flexibility index (Phi) is 4.09. The molecule has 0 unspecified atom stereocenters. The van der Waals surface area contributed by atoms with E-state index >= 15 is 0 Å². The van der Waals surface area contributed by atoms with Crippen molar-refractivity contribution in [1.29, 1.82) is 0 Å². The summed E-state index contributed by atoms with van der Waals surface area (Å²) >= 11 is 0. The molecule has 18 heavy (non-hydrogen) atoms. The SMILES string of the molecule is Cc1cc(CNCc2ncnn2CC(C)C)no1. The van der Waals surface area contributed by atoms with Gasteiger partial charge in [0.1, 0.15) is 17.9 Å². The van der Waals surface area contributed by atoms with E-state index in [4.69, 9.17) is 4.52 Å². The van der Waals surface area contributed by atoms with Crippen molar-refractivity contribution >= 4 is 0 Å². The third kappa shape index (κ3) is 3.40. The summed E-state index contributed by atoms with van der Waals surface area (Å²) in [6.45, 7) is 8.45. The van der Waals surface area contributed by atoms with Crippen LogP contribution in [0.15, 0.2) is 16.9 Å². The van der Waals surface area contributed by atoms with E-state index in [9.17, 15) is 0 Å². The summed E-state index contributed by atoms with van der Waals surface area (Å²) in [5.41, 5.74) is 0.905. The van der Waals surface area contributed by atoms with E-state index in [-0.39, 0.29) is 0 Å². The first-order valence-electron chi connectivity index (χ1n) is 6.14. The topological polar surface area (TPSA) is 68.8 Å². The second kappa shape index (κ2) is 5.77. The Morgan fingerprint density at radius 2 is 2.22 bits per heavy atom. The minimum atomic E-state index is 0.559. The van der Waals surface area contributed by atoms with Crippen molar-refractivity contribution in [2.24, 2.45) is 5.92 Å². The summed E-state index contributed by atoms with van der Waals surface area (Å²) in [7, 11) is 0. The van der Waals surface area contributed by atoms with Crippen LogP contribution in [-0.2, 0) is 19.6 Å². The first-order valence-corrected chi connectivity index (χ1v) is 6.14. The number of aromatic nitrogens is 4. The van der Waals surface area contributed by atoms with Crippen molar-refractivity contribution in [2.75, 3.05) is 0 Å². The summed E-state index contributed by atoms with van der Waals surface area (Å²) in [4.78, 5) is 4.25. The van der Waals surface area contributed by atoms with E-state index in [0.717, 1.165) is 23.8 Å². The van der Waals surface area contributed by atoms with Crippen molar-refractivity contribution in [2.45, 2.75) is 40.4 Å². The van der Waals surface area contributed by atoms with Gasteiger partial charge in [0.25, 0.3) is 0 Å². The highest BCUT2D eigenvalue weighted by molar-refractivity contribution is 5.03. The Hall–Kier alpha value is -1.69. The largest absolute Gasteiger partial charge is 0.361 e. The van der Waals surface area contributed by atoms with Crippen molar-refractivity contribution in [1.82, 2.24) is 25.2 Å². The predicted octanol–water partition coefficient (Wildman–Crippen LogP) is 1.52. The number of hydrogen-bond acceptors (Lipinski definition) is 5. The molecule has 2 heterocycles. The molecule has 0 aliphatic rings. The molecule has 98 valence electrons. The molecule has 0 atom stereocenters. The molecule has 0 fully saturated rings. The van der Waals surface area contributed by atoms with Gasteiger partial charge < -0.3 is 9.84 Å². The van der Waals surface area contributed by atoms with Crippen LogP contribution in [0.4, 0.5) is 0 Å². The second-order valence-electron chi connectivity index (χ2n) is 4.78. The van der Waals surface area contributed by atoms with Gasteiger partial charge in [-0.2, -0.15) is 5.10 Å². The molecule has 6 heteroatoms. The van der Waals surface area contributed by atoms with Crippen LogP contribution in [0.3, 0.4) is 0 Å². The lowest BCUT2D eigenvalue weighted by Gasteiger charge is -2.08. The summed E-state index contributed by atoms with van der Waals surface area (Å²) in [5, 5.41) is 11.4. The molecule has 0 amide bonds. The normalized spacial score (nSPS) is 11.3. The molecular formula is C12H19N5O. The molecule has 0 radical (unpaired) electrons. The van der Waals surface area contributed by atoms with Gasteiger partial charge in [0.15, 0.2) is 0 Å². The zero-order valence-corrected chi connectivity index (χ0v) is 11.1. The van der Waals surface area contributed by atoms with E-state index in [2.05, 4.69) is 34.4 Å². The van der Waals surface area contributed by atoms with E-state index in [1.165, 1.54) is 0 Å². The molecule has 6 nitrogen and oxygen atoms in total. The average Bonchev–Trinajstić information content (AvgIpc) is 2.88. The van der Waals surface area contributed by atoms with Crippen molar-refractivity contribution in [3.05, 3.63) is 29.7 Å². The quantitative estimate of drug-likeness (QED) is 0.840. The summed E-state index contributed by atoms with van der Waals surface area (Å²) in [6.07, 6.45) is 1.60. The number of hydrogen-bond donors (Lipinski definition) is 1. The minimum absolute atomic E-state index is 0.559. The molecular weight excluding hydrogens is 230 g/mol. The molecule has 1 N–H and O–H groups in total. The Morgan fingerprint density at radius 3 is 2.89 bits per heavy atom. The molecule has 0 bridgehead atoms. The highest BCUT2D eigenvalue weighted by Crippen LogP contribution is 2.03. The molecule has 0 aliphatic heterocycles. The van der Waals surface area contributed by atoms with Crippen molar-refractivity contribution in [3.63, 3.8) is 0 Å². The lowest BCUT2D eigenvalue weighted by Crippen LogP contribution is -2.18. The van der Waals surface area contributed by atoms with Gasteiger partial charge in [-0.15, -0.1) is 0 Å². The second-order valence-corrected chi connectivity index (χ2v) is 4.78. The minimum Gasteiger partial charge on any atom is -0.361 e. The Balaban J connectivity index is 1.84. The van der Waals surface area contributed by atoms with Crippen LogP contribution in [0.25, 0.3) is 0 Å². The number of aryl methyl sites for hydroxylation is 1. The molecule has 0 spiro atoms. The summed E-state index contributed by atoms with van der Waals surface area (Å²) in [6, 6.07) is 1.92. The number of nitrogens with zero attached hydrogens (tertiary/aromatic N) is 4. The summed E-state index contributed by atoms with van der Waals surface area (Å²) < 4.78 is 6.94. The maximum Gasteiger partial charge on any atom is 0.140 e. The first-order chi connectivity index (χ1) is 8.65. The summed E-state index contributed by atoms with van der Waals surface area (Å²) in [5.74, 6) is 2.34. The lowest BCUT2D eigenvalue weighted by atomic mass is 10.2. The third-order valence-corrected chi connectivity index (χ3v) is 2.50. The van der Waals surface area contributed by atoms with Crippen molar-refractivity contribution < 1.29 is 4.52 Å². The van der Waals surface area contributed by atoms with Gasteiger partial charge in [0.2, 0.25) is 0 Å². The predicted molar refractivity (Wildman–Crippen MR) is 66.6 cm³/mol. The van der Waals surface area contributed by atoms with Gasteiger partial charge in [0, 0.05) is 19.2 Å². The van der Waals surface area contributed by atoms with Gasteiger partial charge in [-0.3, -0.25) is 0 Å². The van der Waals surface area contributed by atoms with Gasteiger partial charge >= 0.3 is 0 Å². The third-order valence-electron chi connectivity index (χ3n) is 2.50. The van der Waals surface area contributed by atoms with Crippen LogP contribution >= 0.6 is 0 Å². The fourth-order valence-corrected chi connectivity index (χ4v) is 1.73. The Labute approximate surface area is 106 Å². The van der Waals surface area contributed by atoms with E-state index in [0.29, 0.717) is 19.0 Å². The van der Waals surface area contributed by atoms with Crippen molar-refractivity contribution in [3.8, 4) is 0 Å². The van der Waals surface area contributed by atoms with Crippen LogP contribution in [0, 0.1) is 12.8 Å². The molecule has 2 aromatic rings. The lowest BCUT2D eigenvalue weighted by molar-refractivity contribution is 0.387. The van der Waals surface area contributed by atoms with Gasteiger partial charge in [-0.05, 0) is 12.8 Å². The molecule has 0 saturated heterocycles. The molecule has 0 saturated carbocycles. The van der Waals surface area contributed by atoms with Gasteiger partial charge in [0.05, 0.1) is 12.2 Å². The van der Waals surface area contributed by atoms with Crippen LogP contribution in [0.2, 0.25) is 0 Å². The Morgan fingerprint density at radius 1 is 1.39 bits per heavy atom. The number of rotatable bonds is 6. The maximum absolute atomic E-state index is 5.01. The van der Waals surface area contributed by atoms with Crippen LogP contribution in [-0.4, -0.2) is 19.9 Å². The fraction of sp³-hybridized carbons (Fsp3) is 0.583. The van der Waals surface area contributed by atoms with Gasteiger partial charge in [-0.25, -0.2) is 9.67 Å². The standard InChI is InChI=1S/C12H19N5O/c1-9(2)7-17-12(14-8-15-17)6-13-5-11-4-10(3)18-16-11/h4,8-9,13H,5-7H2,1-3H3. The monoisotopic (exact) mass is 249 g/mol. The molecule has 2 rings (SSSR count). The fourth-order valence-electron chi connectivity index (χ4n) is 1.73. The zero-order chi connectivity index (χ0) is 13.0. The van der Waals surface area contributed by atoms with E-state index in [1.54, 1.807) is 6.33 Å². The molecule has 2 aromatic heterocycles. The molecule has 0 aromatic carbocycles. The van der Waals surface area contributed by atoms with E-state index in [1.807, 2.05) is 17.7 Å². The first kappa shape index (κ1) is 12.8. The molecule has 0 aliphatic carbocycles. The van der Waals surface area contributed by atoms with Crippen LogP contribution in [0.5, 0.6) is 0 Å². The smallest absolute Gasteiger partial charge is 0.140 e. The highest BCUT2D eigenvalue weighted by atomic mass is 16.5. The zero-order valence-electron chi connectivity index (χ0n) is 11.1. The Bertz CT molecular complexity index is 488. The van der Waals surface area contributed by atoms with Crippen LogP contribution in [0.1, 0.15) is 31.1 Å². The van der Waals surface area contributed by atoms with Crippen LogP contribution < -0.4 is 5.32 Å².